The standard InChI is InChI=1S/C13H24N2O/c1-9(2)8-10(3)14-7-6-13-11(4)15-16-12(13)5/h9-10,14H,6-8H2,1-5H3. The quantitative estimate of drug-likeness (QED) is 0.807. The molecule has 0 aliphatic heterocycles. The van der Waals surface area contributed by atoms with Crippen molar-refractivity contribution in [3.8, 4) is 0 Å². The molecule has 0 aromatic carbocycles. The van der Waals surface area contributed by atoms with Crippen molar-refractivity contribution in [3.05, 3.63) is 17.0 Å². The molecule has 0 fully saturated rings. The maximum atomic E-state index is 5.14. The third kappa shape index (κ3) is 3.97. The lowest BCUT2D eigenvalue weighted by Gasteiger charge is -2.15. The van der Waals surface area contributed by atoms with E-state index in [1.54, 1.807) is 0 Å². The first-order valence-corrected chi connectivity index (χ1v) is 6.15. The molecule has 0 radical (unpaired) electrons. The summed E-state index contributed by atoms with van der Waals surface area (Å²) >= 11 is 0. The third-order valence-corrected chi connectivity index (χ3v) is 2.87. The Balaban J connectivity index is 2.30. The molecule has 0 saturated carbocycles. The molecule has 0 bridgehead atoms. The molecule has 0 amide bonds. The topological polar surface area (TPSA) is 38.1 Å². The SMILES string of the molecule is Cc1noc(C)c1CCNC(C)CC(C)C. The van der Waals surface area contributed by atoms with E-state index in [4.69, 9.17) is 4.52 Å². The van der Waals surface area contributed by atoms with Crippen molar-refractivity contribution in [2.45, 2.75) is 53.5 Å². The molecule has 92 valence electrons. The van der Waals surface area contributed by atoms with Crippen LogP contribution < -0.4 is 5.32 Å². The Hall–Kier alpha value is -0.830. The number of nitrogens with zero attached hydrogens (tertiary/aromatic N) is 1. The first kappa shape index (κ1) is 13.2. The Morgan fingerprint density at radius 3 is 2.44 bits per heavy atom. The molecule has 3 heteroatoms. The highest BCUT2D eigenvalue weighted by molar-refractivity contribution is 5.20. The number of rotatable bonds is 6. The van der Waals surface area contributed by atoms with Gasteiger partial charge in [-0.15, -0.1) is 0 Å². The third-order valence-electron chi connectivity index (χ3n) is 2.87. The summed E-state index contributed by atoms with van der Waals surface area (Å²) in [5.41, 5.74) is 2.28. The van der Waals surface area contributed by atoms with Gasteiger partial charge in [-0.1, -0.05) is 19.0 Å². The lowest BCUT2D eigenvalue weighted by Crippen LogP contribution is -2.29. The summed E-state index contributed by atoms with van der Waals surface area (Å²) in [4.78, 5) is 0. The Morgan fingerprint density at radius 1 is 1.25 bits per heavy atom. The fourth-order valence-electron chi connectivity index (χ4n) is 2.09. The van der Waals surface area contributed by atoms with Gasteiger partial charge in [0.15, 0.2) is 0 Å². The van der Waals surface area contributed by atoms with Gasteiger partial charge in [-0.25, -0.2) is 0 Å². The van der Waals surface area contributed by atoms with Gasteiger partial charge in [0, 0.05) is 11.6 Å². The summed E-state index contributed by atoms with van der Waals surface area (Å²) in [5, 5.41) is 7.50. The summed E-state index contributed by atoms with van der Waals surface area (Å²) in [6.07, 6.45) is 2.23. The van der Waals surface area contributed by atoms with E-state index in [1.807, 2.05) is 13.8 Å². The first-order valence-electron chi connectivity index (χ1n) is 6.15. The van der Waals surface area contributed by atoms with Gasteiger partial charge in [-0.2, -0.15) is 0 Å². The second kappa shape index (κ2) is 6.04. The molecule has 1 aromatic heterocycles. The normalized spacial score (nSPS) is 13.4. The van der Waals surface area contributed by atoms with Crippen molar-refractivity contribution < 1.29 is 4.52 Å². The van der Waals surface area contributed by atoms with E-state index < -0.39 is 0 Å². The molecule has 0 aliphatic carbocycles. The molecule has 1 heterocycles. The molecule has 0 saturated heterocycles. The van der Waals surface area contributed by atoms with Crippen LogP contribution in [-0.2, 0) is 6.42 Å². The van der Waals surface area contributed by atoms with Crippen molar-refractivity contribution >= 4 is 0 Å². The van der Waals surface area contributed by atoms with Gasteiger partial charge in [0.2, 0.25) is 0 Å². The van der Waals surface area contributed by atoms with Crippen LogP contribution in [0.2, 0.25) is 0 Å². The first-order chi connectivity index (χ1) is 7.50. The minimum Gasteiger partial charge on any atom is -0.361 e. The van der Waals surface area contributed by atoms with Gasteiger partial charge in [0.1, 0.15) is 5.76 Å². The predicted molar refractivity (Wildman–Crippen MR) is 66.6 cm³/mol. The van der Waals surface area contributed by atoms with E-state index in [0.29, 0.717) is 6.04 Å². The monoisotopic (exact) mass is 224 g/mol. The zero-order chi connectivity index (χ0) is 12.1. The molecular formula is C13H24N2O. The average Bonchev–Trinajstić information content (AvgIpc) is 2.47. The van der Waals surface area contributed by atoms with Crippen LogP contribution in [0.15, 0.2) is 4.52 Å². The highest BCUT2D eigenvalue weighted by Gasteiger charge is 2.09. The fraction of sp³-hybridized carbons (Fsp3) is 0.769. The van der Waals surface area contributed by atoms with Gasteiger partial charge in [0.05, 0.1) is 5.69 Å². The average molecular weight is 224 g/mol. The number of nitrogens with one attached hydrogen (secondary N) is 1. The van der Waals surface area contributed by atoms with Gasteiger partial charge < -0.3 is 9.84 Å². The molecule has 1 atom stereocenters. The zero-order valence-corrected chi connectivity index (χ0v) is 11.1. The molecule has 1 rings (SSSR count). The van der Waals surface area contributed by atoms with E-state index in [1.165, 1.54) is 12.0 Å². The zero-order valence-electron chi connectivity index (χ0n) is 11.1. The maximum absolute atomic E-state index is 5.14. The van der Waals surface area contributed by atoms with Crippen LogP contribution >= 0.6 is 0 Å². The molecule has 0 aliphatic rings. The molecule has 1 unspecified atom stereocenters. The van der Waals surface area contributed by atoms with Gasteiger partial charge in [0.25, 0.3) is 0 Å². The Labute approximate surface area is 98.6 Å². The molecule has 1 N–H and O–H groups in total. The van der Waals surface area contributed by atoms with Crippen LogP contribution in [0.3, 0.4) is 0 Å². The van der Waals surface area contributed by atoms with E-state index in [2.05, 4.69) is 31.2 Å². The Kier molecular flexibility index (Phi) is 5.00. The summed E-state index contributed by atoms with van der Waals surface area (Å²) in [7, 11) is 0. The van der Waals surface area contributed by atoms with Gasteiger partial charge in [-0.05, 0) is 46.1 Å². The second-order valence-electron chi connectivity index (χ2n) is 5.04. The van der Waals surface area contributed by atoms with Crippen LogP contribution in [0.4, 0.5) is 0 Å². The smallest absolute Gasteiger partial charge is 0.137 e. The van der Waals surface area contributed by atoms with Crippen LogP contribution in [0.5, 0.6) is 0 Å². The van der Waals surface area contributed by atoms with E-state index >= 15 is 0 Å². The number of aromatic nitrogens is 1. The summed E-state index contributed by atoms with van der Waals surface area (Å²) in [6, 6.07) is 0.584. The van der Waals surface area contributed by atoms with Gasteiger partial charge >= 0.3 is 0 Å². The Morgan fingerprint density at radius 2 is 1.94 bits per heavy atom. The molecule has 3 nitrogen and oxygen atoms in total. The number of hydrogen-bond donors (Lipinski definition) is 1. The van der Waals surface area contributed by atoms with Crippen molar-refractivity contribution in [3.63, 3.8) is 0 Å². The number of aryl methyl sites for hydroxylation is 2. The second-order valence-corrected chi connectivity index (χ2v) is 5.04. The van der Waals surface area contributed by atoms with Crippen LogP contribution in [0.25, 0.3) is 0 Å². The Bertz CT molecular complexity index is 298. The maximum Gasteiger partial charge on any atom is 0.137 e. The lowest BCUT2D eigenvalue weighted by atomic mass is 10.0. The van der Waals surface area contributed by atoms with E-state index in [9.17, 15) is 0 Å². The minimum absolute atomic E-state index is 0.584. The number of hydrogen-bond acceptors (Lipinski definition) is 3. The highest BCUT2D eigenvalue weighted by Crippen LogP contribution is 2.12. The predicted octanol–water partition coefficient (Wildman–Crippen LogP) is 2.86. The van der Waals surface area contributed by atoms with Crippen molar-refractivity contribution in [1.29, 1.82) is 0 Å². The van der Waals surface area contributed by atoms with Crippen molar-refractivity contribution in [2.24, 2.45) is 5.92 Å². The van der Waals surface area contributed by atoms with Crippen molar-refractivity contribution in [2.75, 3.05) is 6.54 Å². The molecule has 16 heavy (non-hydrogen) atoms. The molecule has 0 spiro atoms. The fourth-order valence-corrected chi connectivity index (χ4v) is 2.09. The largest absolute Gasteiger partial charge is 0.361 e. The minimum atomic E-state index is 0.584. The van der Waals surface area contributed by atoms with Crippen LogP contribution in [0.1, 0.15) is 44.2 Å². The lowest BCUT2D eigenvalue weighted by molar-refractivity contribution is 0.391. The van der Waals surface area contributed by atoms with Crippen LogP contribution in [-0.4, -0.2) is 17.7 Å². The highest BCUT2D eigenvalue weighted by atomic mass is 16.5. The summed E-state index contributed by atoms with van der Waals surface area (Å²) in [6.45, 7) is 11.7. The van der Waals surface area contributed by atoms with Gasteiger partial charge in [-0.3, -0.25) is 0 Å². The van der Waals surface area contributed by atoms with Crippen molar-refractivity contribution in [1.82, 2.24) is 10.5 Å². The summed E-state index contributed by atoms with van der Waals surface area (Å²) < 4.78 is 5.14. The summed E-state index contributed by atoms with van der Waals surface area (Å²) in [5.74, 6) is 1.71. The van der Waals surface area contributed by atoms with E-state index in [-0.39, 0.29) is 0 Å². The van der Waals surface area contributed by atoms with E-state index in [0.717, 1.165) is 30.3 Å². The van der Waals surface area contributed by atoms with Crippen LogP contribution in [0, 0.1) is 19.8 Å². The molecule has 1 aromatic rings. The molecular weight excluding hydrogens is 200 g/mol.